The van der Waals surface area contributed by atoms with Crippen LogP contribution in [0.4, 0.5) is 10.2 Å². The fourth-order valence-corrected chi connectivity index (χ4v) is 3.09. The highest BCUT2D eigenvalue weighted by molar-refractivity contribution is 6.01. The summed E-state index contributed by atoms with van der Waals surface area (Å²) in [5.41, 5.74) is 3.99. The fraction of sp³-hybridized carbons (Fsp3) is 0.105. The minimum absolute atomic E-state index is 0.232. The van der Waals surface area contributed by atoms with Crippen molar-refractivity contribution >= 4 is 16.9 Å². The molecule has 1 aliphatic heterocycles. The Bertz CT molecular complexity index is 920. The second-order valence-electron chi connectivity index (χ2n) is 5.56. The van der Waals surface area contributed by atoms with Crippen LogP contribution in [0, 0.1) is 5.82 Å². The molecule has 0 unspecified atom stereocenters. The molecule has 23 heavy (non-hydrogen) atoms. The first kappa shape index (κ1) is 13.8. The standard InChI is InChI=1S/C19H16FN3/c1-22-16-6-5-11-21-18(16)17(14-7-9-15(20)10-8-14)19(22)23-12-3-2-4-13-23/h2-12H,13H2,1H3. The lowest BCUT2D eigenvalue weighted by atomic mass is 10.1. The molecule has 2 aromatic heterocycles. The minimum Gasteiger partial charge on any atom is -0.330 e. The maximum Gasteiger partial charge on any atom is 0.123 e. The largest absolute Gasteiger partial charge is 0.330 e. The van der Waals surface area contributed by atoms with Gasteiger partial charge in [-0.2, -0.15) is 0 Å². The van der Waals surface area contributed by atoms with Crippen LogP contribution in [0.2, 0.25) is 0 Å². The summed E-state index contributed by atoms with van der Waals surface area (Å²) < 4.78 is 15.5. The molecule has 0 atom stereocenters. The third-order valence-corrected chi connectivity index (χ3v) is 4.15. The number of pyridine rings is 1. The van der Waals surface area contributed by atoms with Gasteiger partial charge in [0.15, 0.2) is 0 Å². The molecule has 0 bridgehead atoms. The van der Waals surface area contributed by atoms with Gasteiger partial charge >= 0.3 is 0 Å². The number of rotatable bonds is 2. The van der Waals surface area contributed by atoms with Crippen molar-refractivity contribution in [2.45, 2.75) is 0 Å². The van der Waals surface area contributed by atoms with E-state index in [4.69, 9.17) is 0 Å². The van der Waals surface area contributed by atoms with Gasteiger partial charge in [-0.25, -0.2) is 4.39 Å². The van der Waals surface area contributed by atoms with Gasteiger partial charge in [-0.3, -0.25) is 4.98 Å². The van der Waals surface area contributed by atoms with Crippen molar-refractivity contribution in [2.24, 2.45) is 7.05 Å². The zero-order valence-electron chi connectivity index (χ0n) is 12.8. The topological polar surface area (TPSA) is 21.1 Å². The van der Waals surface area contributed by atoms with Crippen LogP contribution < -0.4 is 4.90 Å². The molecule has 4 heteroatoms. The number of hydrogen-bond donors (Lipinski definition) is 0. The lowest BCUT2D eigenvalue weighted by molar-refractivity contribution is 0.628. The van der Waals surface area contributed by atoms with E-state index in [9.17, 15) is 4.39 Å². The van der Waals surface area contributed by atoms with Gasteiger partial charge in [0.25, 0.3) is 0 Å². The van der Waals surface area contributed by atoms with Crippen molar-refractivity contribution in [1.29, 1.82) is 0 Å². The molecule has 0 N–H and O–H groups in total. The first-order valence-electron chi connectivity index (χ1n) is 7.55. The third kappa shape index (κ3) is 2.23. The lowest BCUT2D eigenvalue weighted by Crippen LogP contribution is -2.20. The zero-order chi connectivity index (χ0) is 15.8. The van der Waals surface area contributed by atoms with Gasteiger partial charge < -0.3 is 9.47 Å². The molecule has 0 radical (unpaired) electrons. The molecule has 4 rings (SSSR count). The van der Waals surface area contributed by atoms with E-state index < -0.39 is 0 Å². The summed E-state index contributed by atoms with van der Waals surface area (Å²) in [6, 6.07) is 10.6. The fourth-order valence-electron chi connectivity index (χ4n) is 3.09. The van der Waals surface area contributed by atoms with Gasteiger partial charge in [0, 0.05) is 26.0 Å². The highest BCUT2D eigenvalue weighted by Crippen LogP contribution is 2.39. The molecule has 1 aromatic carbocycles. The molecule has 0 saturated heterocycles. The van der Waals surface area contributed by atoms with Crippen LogP contribution in [-0.4, -0.2) is 16.1 Å². The van der Waals surface area contributed by atoms with Crippen LogP contribution in [0.1, 0.15) is 0 Å². The maximum absolute atomic E-state index is 13.3. The van der Waals surface area contributed by atoms with E-state index in [0.717, 1.165) is 34.5 Å². The molecule has 1 aliphatic rings. The molecule has 3 aromatic rings. The SMILES string of the molecule is Cn1c(N2C=CC=CC2)c(-c2ccc(F)cc2)c2ncccc21. The van der Waals surface area contributed by atoms with Crippen LogP contribution >= 0.6 is 0 Å². The van der Waals surface area contributed by atoms with Gasteiger partial charge in [-0.15, -0.1) is 0 Å². The van der Waals surface area contributed by atoms with Crippen molar-refractivity contribution in [3.8, 4) is 11.1 Å². The molecule has 0 aliphatic carbocycles. The van der Waals surface area contributed by atoms with E-state index >= 15 is 0 Å². The van der Waals surface area contributed by atoms with Crippen molar-refractivity contribution in [1.82, 2.24) is 9.55 Å². The Kier molecular flexibility index (Phi) is 3.23. The smallest absolute Gasteiger partial charge is 0.123 e. The van der Waals surface area contributed by atoms with Gasteiger partial charge in [0.2, 0.25) is 0 Å². The normalized spacial score (nSPS) is 13.9. The average Bonchev–Trinajstić information content (AvgIpc) is 2.90. The second-order valence-corrected chi connectivity index (χ2v) is 5.56. The van der Waals surface area contributed by atoms with Crippen molar-refractivity contribution in [2.75, 3.05) is 11.4 Å². The molecule has 3 heterocycles. The minimum atomic E-state index is -0.232. The van der Waals surface area contributed by atoms with Crippen LogP contribution in [-0.2, 0) is 7.05 Å². The summed E-state index contributed by atoms with van der Waals surface area (Å²) in [6.07, 6.45) is 10.0. The van der Waals surface area contributed by atoms with Gasteiger partial charge in [-0.1, -0.05) is 24.3 Å². The number of hydrogen-bond acceptors (Lipinski definition) is 2. The quantitative estimate of drug-likeness (QED) is 0.705. The Morgan fingerprint density at radius 2 is 1.91 bits per heavy atom. The van der Waals surface area contributed by atoms with Gasteiger partial charge in [0.1, 0.15) is 11.6 Å². The molecule has 0 saturated carbocycles. The molecule has 0 fully saturated rings. The third-order valence-electron chi connectivity index (χ3n) is 4.15. The predicted octanol–water partition coefficient (Wildman–Crippen LogP) is 4.27. The summed E-state index contributed by atoms with van der Waals surface area (Å²) in [5.74, 6) is 0.829. The predicted molar refractivity (Wildman–Crippen MR) is 91.7 cm³/mol. The lowest BCUT2D eigenvalue weighted by Gasteiger charge is -2.23. The molecule has 3 nitrogen and oxygen atoms in total. The van der Waals surface area contributed by atoms with Crippen molar-refractivity contribution < 1.29 is 4.39 Å². The van der Waals surface area contributed by atoms with Gasteiger partial charge in [-0.05, 0) is 35.9 Å². The highest BCUT2D eigenvalue weighted by atomic mass is 19.1. The van der Waals surface area contributed by atoms with Crippen LogP contribution in [0.5, 0.6) is 0 Å². The number of allylic oxidation sites excluding steroid dienone is 2. The van der Waals surface area contributed by atoms with Crippen LogP contribution in [0.15, 0.2) is 67.0 Å². The Balaban J connectivity index is 2.02. The Hall–Kier alpha value is -2.88. The Labute approximate surface area is 134 Å². The van der Waals surface area contributed by atoms with Crippen molar-refractivity contribution in [3.05, 3.63) is 72.8 Å². The number of nitrogens with zero attached hydrogens (tertiary/aromatic N) is 3. The molecule has 0 spiro atoms. The number of anilines is 1. The molecular formula is C19H16FN3. The second kappa shape index (κ2) is 5.39. The first-order valence-corrected chi connectivity index (χ1v) is 7.55. The maximum atomic E-state index is 13.3. The van der Waals surface area contributed by atoms with E-state index in [1.807, 2.05) is 37.4 Å². The highest BCUT2D eigenvalue weighted by Gasteiger charge is 2.21. The Morgan fingerprint density at radius 1 is 1.09 bits per heavy atom. The monoisotopic (exact) mass is 305 g/mol. The summed E-state index contributed by atoms with van der Waals surface area (Å²) in [6.45, 7) is 0.800. The van der Waals surface area contributed by atoms with Crippen molar-refractivity contribution in [3.63, 3.8) is 0 Å². The number of aromatic nitrogens is 2. The van der Waals surface area contributed by atoms with E-state index in [0.29, 0.717) is 0 Å². The van der Waals surface area contributed by atoms with Crippen LogP contribution in [0.3, 0.4) is 0 Å². The van der Waals surface area contributed by atoms with E-state index in [2.05, 4.69) is 32.8 Å². The molecule has 114 valence electrons. The number of fused-ring (bicyclic) bond motifs is 1. The Morgan fingerprint density at radius 3 is 2.65 bits per heavy atom. The number of halogens is 1. The average molecular weight is 305 g/mol. The molecule has 0 amide bonds. The van der Waals surface area contributed by atoms with Gasteiger partial charge in [0.05, 0.1) is 16.6 Å². The van der Waals surface area contributed by atoms with E-state index in [-0.39, 0.29) is 5.82 Å². The summed E-state index contributed by atoms with van der Waals surface area (Å²) in [7, 11) is 2.04. The van der Waals surface area contributed by atoms with Crippen LogP contribution in [0.25, 0.3) is 22.2 Å². The molecular weight excluding hydrogens is 289 g/mol. The zero-order valence-corrected chi connectivity index (χ0v) is 12.8. The first-order chi connectivity index (χ1) is 11.3. The number of aryl methyl sites for hydroxylation is 1. The summed E-state index contributed by atoms with van der Waals surface area (Å²) >= 11 is 0. The van der Waals surface area contributed by atoms with E-state index in [1.54, 1.807) is 6.20 Å². The summed E-state index contributed by atoms with van der Waals surface area (Å²) in [5, 5.41) is 0. The van der Waals surface area contributed by atoms with E-state index in [1.165, 1.54) is 12.1 Å². The summed E-state index contributed by atoms with van der Waals surface area (Å²) in [4.78, 5) is 6.75. The number of benzene rings is 1.